The number of nitrogens with one attached hydrogen (secondary N) is 1. The van der Waals surface area contributed by atoms with Crippen LogP contribution in [0.4, 0.5) is 0 Å². The van der Waals surface area contributed by atoms with Crippen LogP contribution >= 0.6 is 0 Å². The monoisotopic (exact) mass is 345 g/mol. The third-order valence-corrected chi connectivity index (χ3v) is 5.08. The summed E-state index contributed by atoms with van der Waals surface area (Å²) in [5.74, 6) is -0.191. The quantitative estimate of drug-likeness (QED) is 0.831. The Hall–Kier alpha value is -1.84. The number of hydrogen-bond donors (Lipinski definition) is 1. The summed E-state index contributed by atoms with van der Waals surface area (Å²) < 4.78 is 5.35. The van der Waals surface area contributed by atoms with Crippen molar-refractivity contribution in [3.63, 3.8) is 0 Å². The number of carbonyl (C=O) groups is 2. The summed E-state index contributed by atoms with van der Waals surface area (Å²) in [6.07, 6.45) is 3.72. The molecule has 0 aromatic heterocycles. The summed E-state index contributed by atoms with van der Waals surface area (Å²) in [6.45, 7) is 10.2. The zero-order chi connectivity index (χ0) is 18.6. The minimum Gasteiger partial charge on any atom is -0.449 e. The van der Waals surface area contributed by atoms with E-state index < -0.39 is 12.1 Å². The fraction of sp³-hybridized carbons (Fsp3) is 0.619. The highest BCUT2D eigenvalue weighted by Gasteiger charge is 2.26. The summed E-state index contributed by atoms with van der Waals surface area (Å²) >= 11 is 0. The summed E-state index contributed by atoms with van der Waals surface area (Å²) in [4.78, 5) is 24.6. The molecular weight excluding hydrogens is 314 g/mol. The number of ether oxygens (including phenoxy) is 1. The van der Waals surface area contributed by atoms with Crippen molar-refractivity contribution in [3.8, 4) is 0 Å². The van der Waals surface area contributed by atoms with E-state index in [2.05, 4.69) is 33.0 Å². The summed E-state index contributed by atoms with van der Waals surface area (Å²) in [6, 6.07) is 7.58. The van der Waals surface area contributed by atoms with E-state index in [4.69, 9.17) is 4.74 Å². The predicted octanol–water partition coefficient (Wildman–Crippen LogP) is 4.22. The normalized spacial score (nSPS) is 22.1. The van der Waals surface area contributed by atoms with Gasteiger partial charge >= 0.3 is 5.97 Å². The first-order chi connectivity index (χ1) is 11.7. The molecule has 25 heavy (non-hydrogen) atoms. The zero-order valence-electron chi connectivity index (χ0n) is 16.1. The van der Waals surface area contributed by atoms with Gasteiger partial charge in [0, 0.05) is 6.04 Å². The molecule has 1 aliphatic rings. The average molecular weight is 345 g/mol. The Morgan fingerprint density at radius 3 is 2.28 bits per heavy atom. The van der Waals surface area contributed by atoms with Gasteiger partial charge in [0.2, 0.25) is 0 Å². The average Bonchev–Trinajstić information content (AvgIpc) is 2.56. The smallest absolute Gasteiger partial charge is 0.338 e. The molecule has 0 unspecified atom stereocenters. The van der Waals surface area contributed by atoms with Crippen LogP contribution in [0.15, 0.2) is 24.3 Å². The van der Waals surface area contributed by atoms with Crippen LogP contribution in [-0.4, -0.2) is 24.0 Å². The topological polar surface area (TPSA) is 55.4 Å². The summed E-state index contributed by atoms with van der Waals surface area (Å²) in [5.41, 5.74) is 1.66. The Balaban J connectivity index is 1.91. The van der Waals surface area contributed by atoms with Crippen molar-refractivity contribution in [2.24, 2.45) is 5.92 Å². The largest absolute Gasteiger partial charge is 0.449 e. The number of benzene rings is 1. The lowest BCUT2D eigenvalue weighted by molar-refractivity contribution is -0.130. The van der Waals surface area contributed by atoms with Crippen LogP contribution in [0.25, 0.3) is 0 Å². The fourth-order valence-corrected chi connectivity index (χ4v) is 3.22. The van der Waals surface area contributed by atoms with Gasteiger partial charge in [-0.2, -0.15) is 0 Å². The molecule has 1 saturated carbocycles. The highest BCUT2D eigenvalue weighted by Crippen LogP contribution is 2.24. The van der Waals surface area contributed by atoms with Gasteiger partial charge < -0.3 is 10.1 Å². The van der Waals surface area contributed by atoms with Crippen LogP contribution < -0.4 is 5.32 Å². The summed E-state index contributed by atoms with van der Waals surface area (Å²) in [7, 11) is 0. The molecule has 0 bridgehead atoms. The molecule has 0 heterocycles. The minimum absolute atomic E-state index is 0.0340. The van der Waals surface area contributed by atoms with Crippen molar-refractivity contribution in [1.29, 1.82) is 0 Å². The molecule has 1 aromatic carbocycles. The lowest BCUT2D eigenvalue weighted by atomic mass is 9.86. The molecule has 4 nitrogen and oxygen atoms in total. The molecule has 1 fully saturated rings. The second-order valence-electron chi connectivity index (χ2n) is 8.25. The van der Waals surface area contributed by atoms with E-state index in [1.54, 1.807) is 19.1 Å². The molecule has 0 aliphatic heterocycles. The number of amides is 1. The third-order valence-electron chi connectivity index (χ3n) is 5.08. The van der Waals surface area contributed by atoms with Crippen molar-refractivity contribution in [1.82, 2.24) is 5.32 Å². The molecule has 3 atom stereocenters. The number of hydrogen-bond acceptors (Lipinski definition) is 3. The minimum atomic E-state index is -0.788. The number of carbonyl (C=O) groups excluding carboxylic acids is 2. The third kappa shape index (κ3) is 5.32. The van der Waals surface area contributed by atoms with Crippen LogP contribution in [0.3, 0.4) is 0 Å². The Morgan fingerprint density at radius 2 is 1.72 bits per heavy atom. The van der Waals surface area contributed by atoms with E-state index in [9.17, 15) is 9.59 Å². The van der Waals surface area contributed by atoms with Crippen molar-refractivity contribution in [2.75, 3.05) is 0 Å². The van der Waals surface area contributed by atoms with Gasteiger partial charge in [0.25, 0.3) is 5.91 Å². The first-order valence-electron chi connectivity index (χ1n) is 9.30. The SMILES string of the molecule is C[C@H](OC(=O)c1ccc(C(C)(C)C)cc1)C(=O)N[C@@H]1CCCC[C@H]1C. The Morgan fingerprint density at radius 1 is 1.12 bits per heavy atom. The lowest BCUT2D eigenvalue weighted by Crippen LogP contribution is -2.45. The molecule has 0 spiro atoms. The Kier molecular flexibility index (Phi) is 6.26. The Bertz CT molecular complexity index is 601. The maximum atomic E-state index is 12.3. The van der Waals surface area contributed by atoms with Gasteiger partial charge in [-0.15, -0.1) is 0 Å². The summed E-state index contributed by atoms with van der Waals surface area (Å²) in [5, 5.41) is 3.04. The molecule has 1 aliphatic carbocycles. The van der Waals surface area contributed by atoms with Crippen LogP contribution in [0.1, 0.15) is 76.2 Å². The van der Waals surface area contributed by atoms with Gasteiger partial charge in [-0.3, -0.25) is 4.79 Å². The van der Waals surface area contributed by atoms with Gasteiger partial charge in [-0.25, -0.2) is 4.79 Å². The molecule has 1 amide bonds. The van der Waals surface area contributed by atoms with E-state index >= 15 is 0 Å². The van der Waals surface area contributed by atoms with Crippen molar-refractivity contribution >= 4 is 11.9 Å². The molecule has 138 valence electrons. The molecule has 0 radical (unpaired) electrons. The van der Waals surface area contributed by atoms with Gasteiger partial charge in [-0.1, -0.05) is 52.7 Å². The van der Waals surface area contributed by atoms with Crippen molar-refractivity contribution in [3.05, 3.63) is 35.4 Å². The van der Waals surface area contributed by atoms with E-state index in [-0.39, 0.29) is 17.4 Å². The standard InChI is InChI=1S/C21H31NO3/c1-14-8-6-7-9-18(14)22-19(23)15(2)25-20(24)16-10-12-17(13-11-16)21(3,4)5/h10-15,18H,6-9H2,1-5H3,(H,22,23)/t14-,15+,18-/m1/s1. The predicted molar refractivity (Wildman–Crippen MR) is 99.6 cm³/mol. The number of rotatable bonds is 4. The molecule has 1 N–H and O–H groups in total. The lowest BCUT2D eigenvalue weighted by Gasteiger charge is -2.30. The van der Waals surface area contributed by atoms with Crippen molar-refractivity contribution < 1.29 is 14.3 Å². The molecular formula is C21H31NO3. The van der Waals surface area contributed by atoms with Crippen molar-refractivity contribution in [2.45, 2.75) is 77.9 Å². The van der Waals surface area contributed by atoms with Gasteiger partial charge in [0.15, 0.2) is 6.10 Å². The second-order valence-corrected chi connectivity index (χ2v) is 8.25. The Labute approximate surface area is 151 Å². The highest BCUT2D eigenvalue weighted by molar-refractivity contribution is 5.92. The van der Waals surface area contributed by atoms with Crippen LogP contribution in [0, 0.1) is 5.92 Å². The first kappa shape index (κ1) is 19.5. The van der Waals surface area contributed by atoms with Crippen LogP contribution in [0.5, 0.6) is 0 Å². The van der Waals surface area contributed by atoms with E-state index in [1.807, 2.05) is 12.1 Å². The van der Waals surface area contributed by atoms with E-state index in [0.29, 0.717) is 11.5 Å². The van der Waals surface area contributed by atoms with Gasteiger partial charge in [0.05, 0.1) is 5.56 Å². The van der Waals surface area contributed by atoms with E-state index in [1.165, 1.54) is 6.42 Å². The molecule has 1 aromatic rings. The maximum absolute atomic E-state index is 12.3. The second kappa shape index (κ2) is 8.03. The number of esters is 1. The molecule has 2 rings (SSSR count). The molecule has 4 heteroatoms. The molecule has 0 saturated heterocycles. The fourth-order valence-electron chi connectivity index (χ4n) is 3.22. The zero-order valence-corrected chi connectivity index (χ0v) is 16.1. The van der Waals surface area contributed by atoms with E-state index in [0.717, 1.165) is 24.8 Å². The van der Waals surface area contributed by atoms with Gasteiger partial charge in [0.1, 0.15) is 0 Å². The first-order valence-corrected chi connectivity index (χ1v) is 9.30. The van der Waals surface area contributed by atoms with Crippen LogP contribution in [0.2, 0.25) is 0 Å². The maximum Gasteiger partial charge on any atom is 0.338 e. The van der Waals surface area contributed by atoms with Gasteiger partial charge in [-0.05, 0) is 48.8 Å². The van der Waals surface area contributed by atoms with Crippen LogP contribution in [-0.2, 0) is 14.9 Å². The highest BCUT2D eigenvalue weighted by atomic mass is 16.5.